The average Bonchev–Trinajstić information content (AvgIpc) is 2.28. The van der Waals surface area contributed by atoms with Crippen molar-refractivity contribution in [1.29, 1.82) is 0 Å². The molecule has 0 aliphatic rings. The van der Waals surface area contributed by atoms with E-state index < -0.39 is 12.2 Å². The fourth-order valence-electron chi connectivity index (χ4n) is 1.59. The Balaban J connectivity index is 2.95. The lowest BCUT2D eigenvalue weighted by Crippen LogP contribution is -2.30. The van der Waals surface area contributed by atoms with Crippen LogP contribution in [-0.2, 0) is 0 Å². The van der Waals surface area contributed by atoms with Gasteiger partial charge in [0, 0.05) is 23.4 Å². The summed E-state index contributed by atoms with van der Waals surface area (Å²) in [4.78, 5) is 11.1. The van der Waals surface area contributed by atoms with E-state index in [1.807, 2.05) is 0 Å². The maximum Gasteiger partial charge on any atom is 0.159 e. The second kappa shape index (κ2) is 5.77. The zero-order valence-electron chi connectivity index (χ0n) is 9.97. The molecule has 5 heteroatoms. The number of aliphatic hydroxyl groups excluding tert-OH is 2. The van der Waals surface area contributed by atoms with Gasteiger partial charge in [-0.2, -0.15) is 0 Å². The molecule has 2 unspecified atom stereocenters. The Kier molecular flexibility index (Phi) is 4.62. The summed E-state index contributed by atoms with van der Waals surface area (Å²) in [5.74, 6) is -0.0893. The molecule has 0 spiro atoms. The molecule has 0 amide bonds. The van der Waals surface area contributed by atoms with Crippen LogP contribution >= 0.6 is 0 Å². The standard InChI is InChI=1S/C12H18N2O3/c1-7(15)8-3-4-9(10(13)5-8)12(17)11(16)6-14-2/h3-5,11-12,14,16-17H,6,13H2,1-2H3. The van der Waals surface area contributed by atoms with Gasteiger partial charge in [-0.15, -0.1) is 0 Å². The molecule has 5 nitrogen and oxygen atoms in total. The summed E-state index contributed by atoms with van der Waals surface area (Å²) in [5.41, 5.74) is 6.97. The first-order chi connectivity index (χ1) is 7.97. The number of carbonyl (C=O) groups excluding carboxylic acids is 1. The number of nitrogens with one attached hydrogen (secondary N) is 1. The summed E-state index contributed by atoms with van der Waals surface area (Å²) < 4.78 is 0. The summed E-state index contributed by atoms with van der Waals surface area (Å²) in [6, 6.07) is 4.66. The van der Waals surface area contributed by atoms with Gasteiger partial charge in [0.15, 0.2) is 5.78 Å². The normalized spacial score (nSPS) is 14.4. The molecule has 0 aliphatic heterocycles. The molecule has 5 N–H and O–H groups in total. The monoisotopic (exact) mass is 238 g/mol. The first-order valence-corrected chi connectivity index (χ1v) is 5.38. The summed E-state index contributed by atoms with van der Waals surface area (Å²) in [5, 5.41) is 22.3. The molecule has 0 heterocycles. The van der Waals surface area contributed by atoms with Crippen LogP contribution in [0.2, 0.25) is 0 Å². The molecule has 0 fully saturated rings. The van der Waals surface area contributed by atoms with Crippen molar-refractivity contribution in [3.05, 3.63) is 29.3 Å². The molecule has 0 bridgehead atoms. The summed E-state index contributed by atoms with van der Waals surface area (Å²) in [6.45, 7) is 1.70. The Morgan fingerprint density at radius 3 is 2.59 bits per heavy atom. The van der Waals surface area contributed by atoms with E-state index in [-0.39, 0.29) is 12.3 Å². The molecule has 17 heavy (non-hydrogen) atoms. The van der Waals surface area contributed by atoms with Gasteiger partial charge in [0.2, 0.25) is 0 Å². The molecular formula is C12H18N2O3. The van der Waals surface area contributed by atoms with Crippen LogP contribution in [0.5, 0.6) is 0 Å². The predicted octanol–water partition coefficient (Wildman–Crippen LogP) is 0.0851. The molecule has 1 rings (SSSR count). The molecule has 0 saturated carbocycles. The number of likely N-dealkylation sites (N-methyl/N-ethyl adjacent to an activating group) is 1. The van der Waals surface area contributed by atoms with Crippen molar-refractivity contribution in [3.63, 3.8) is 0 Å². The Bertz CT molecular complexity index is 407. The smallest absolute Gasteiger partial charge is 0.159 e. The number of anilines is 1. The van der Waals surface area contributed by atoms with Crippen LogP contribution in [0.1, 0.15) is 28.9 Å². The number of nitrogen functional groups attached to an aromatic ring is 1. The molecule has 0 aromatic heterocycles. The molecule has 0 aliphatic carbocycles. The Labute approximate surface area is 100 Å². The lowest BCUT2D eigenvalue weighted by Gasteiger charge is -2.19. The van der Waals surface area contributed by atoms with Crippen LogP contribution in [0.15, 0.2) is 18.2 Å². The largest absolute Gasteiger partial charge is 0.398 e. The highest BCUT2D eigenvalue weighted by molar-refractivity contribution is 5.95. The molecule has 1 aromatic rings. The van der Waals surface area contributed by atoms with Gasteiger partial charge in [-0.25, -0.2) is 0 Å². The van der Waals surface area contributed by atoms with E-state index in [1.54, 1.807) is 19.2 Å². The van der Waals surface area contributed by atoms with Crippen molar-refractivity contribution < 1.29 is 15.0 Å². The minimum atomic E-state index is -1.07. The zero-order chi connectivity index (χ0) is 13.0. The highest BCUT2D eigenvalue weighted by Gasteiger charge is 2.20. The maximum atomic E-state index is 11.1. The molecule has 0 radical (unpaired) electrons. The van der Waals surface area contributed by atoms with E-state index in [0.717, 1.165) is 0 Å². The highest BCUT2D eigenvalue weighted by Crippen LogP contribution is 2.24. The summed E-state index contributed by atoms with van der Waals surface area (Å²) in [7, 11) is 1.68. The number of hydrogen-bond acceptors (Lipinski definition) is 5. The van der Waals surface area contributed by atoms with Crippen molar-refractivity contribution in [3.8, 4) is 0 Å². The number of carbonyl (C=O) groups is 1. The SMILES string of the molecule is CNCC(O)C(O)c1ccc(C(C)=O)cc1N. The summed E-state index contributed by atoms with van der Waals surface area (Å²) >= 11 is 0. The van der Waals surface area contributed by atoms with Crippen LogP contribution in [0.3, 0.4) is 0 Å². The topological polar surface area (TPSA) is 95.6 Å². The van der Waals surface area contributed by atoms with Crippen molar-refractivity contribution in [1.82, 2.24) is 5.32 Å². The van der Waals surface area contributed by atoms with Gasteiger partial charge in [-0.05, 0) is 20.0 Å². The number of hydrogen-bond donors (Lipinski definition) is 4. The van der Waals surface area contributed by atoms with Crippen LogP contribution in [0.25, 0.3) is 0 Å². The van der Waals surface area contributed by atoms with E-state index in [4.69, 9.17) is 5.73 Å². The zero-order valence-corrected chi connectivity index (χ0v) is 9.97. The molecular weight excluding hydrogens is 220 g/mol. The van der Waals surface area contributed by atoms with Gasteiger partial charge in [-0.1, -0.05) is 12.1 Å². The van der Waals surface area contributed by atoms with Crippen LogP contribution in [0.4, 0.5) is 5.69 Å². The first kappa shape index (κ1) is 13.6. The average molecular weight is 238 g/mol. The van der Waals surface area contributed by atoms with Gasteiger partial charge in [0.1, 0.15) is 6.10 Å². The number of aliphatic hydroxyl groups is 2. The Morgan fingerprint density at radius 1 is 1.47 bits per heavy atom. The van der Waals surface area contributed by atoms with E-state index >= 15 is 0 Å². The highest BCUT2D eigenvalue weighted by atomic mass is 16.3. The van der Waals surface area contributed by atoms with Gasteiger partial charge >= 0.3 is 0 Å². The fourth-order valence-corrected chi connectivity index (χ4v) is 1.59. The van der Waals surface area contributed by atoms with Gasteiger partial charge < -0.3 is 21.3 Å². The molecule has 2 atom stereocenters. The van der Waals surface area contributed by atoms with Crippen LogP contribution < -0.4 is 11.1 Å². The van der Waals surface area contributed by atoms with Gasteiger partial charge in [0.25, 0.3) is 0 Å². The number of benzene rings is 1. The Hall–Kier alpha value is -1.43. The van der Waals surface area contributed by atoms with E-state index in [9.17, 15) is 15.0 Å². The van der Waals surface area contributed by atoms with Crippen molar-refractivity contribution in [2.24, 2.45) is 0 Å². The number of rotatable bonds is 5. The maximum absolute atomic E-state index is 11.1. The minimum Gasteiger partial charge on any atom is -0.398 e. The number of Topliss-reactive ketones (excluding diaryl/α,β-unsaturated/α-hetero) is 1. The van der Waals surface area contributed by atoms with Crippen LogP contribution in [-0.4, -0.2) is 35.7 Å². The van der Waals surface area contributed by atoms with E-state index in [0.29, 0.717) is 16.8 Å². The fraction of sp³-hybridized carbons (Fsp3) is 0.417. The third-order valence-corrected chi connectivity index (χ3v) is 2.59. The molecule has 0 saturated heterocycles. The molecule has 94 valence electrons. The minimum absolute atomic E-state index is 0.0893. The third-order valence-electron chi connectivity index (χ3n) is 2.59. The second-order valence-corrected chi connectivity index (χ2v) is 3.97. The van der Waals surface area contributed by atoms with Crippen molar-refractivity contribution in [2.75, 3.05) is 19.3 Å². The number of ketones is 1. The van der Waals surface area contributed by atoms with Gasteiger partial charge in [-0.3, -0.25) is 4.79 Å². The van der Waals surface area contributed by atoms with E-state index in [2.05, 4.69) is 5.32 Å². The lowest BCUT2D eigenvalue weighted by molar-refractivity contribution is 0.0206. The third kappa shape index (κ3) is 3.26. The lowest BCUT2D eigenvalue weighted by atomic mass is 9.99. The van der Waals surface area contributed by atoms with Crippen molar-refractivity contribution >= 4 is 11.5 Å². The number of nitrogens with two attached hydrogens (primary N) is 1. The predicted molar refractivity (Wildman–Crippen MR) is 65.8 cm³/mol. The Morgan fingerprint density at radius 2 is 2.12 bits per heavy atom. The van der Waals surface area contributed by atoms with Gasteiger partial charge in [0.05, 0.1) is 6.10 Å². The van der Waals surface area contributed by atoms with Crippen molar-refractivity contribution in [2.45, 2.75) is 19.1 Å². The summed E-state index contributed by atoms with van der Waals surface area (Å²) in [6.07, 6.45) is -2.01. The molecule has 1 aromatic carbocycles. The quantitative estimate of drug-likeness (QED) is 0.430. The van der Waals surface area contributed by atoms with Crippen LogP contribution in [0, 0.1) is 0 Å². The second-order valence-electron chi connectivity index (χ2n) is 3.97. The van der Waals surface area contributed by atoms with E-state index in [1.165, 1.54) is 13.0 Å². The first-order valence-electron chi connectivity index (χ1n) is 5.38.